The molecule has 2 aromatic rings. The first-order valence-corrected chi connectivity index (χ1v) is 8.90. The molecule has 26 heavy (non-hydrogen) atoms. The van der Waals surface area contributed by atoms with Crippen LogP contribution in [0.1, 0.15) is 6.42 Å². The number of nitrogens with one attached hydrogen (secondary N) is 1. The number of carbonyl (C=O) groups excluding carboxylic acids is 2. The zero-order valence-corrected chi connectivity index (χ0v) is 16.1. The highest BCUT2D eigenvalue weighted by molar-refractivity contribution is 9.10. The number of nitrogens with zero attached hydrogens (tertiary/aromatic N) is 1. The van der Waals surface area contributed by atoms with Gasteiger partial charge in [-0.3, -0.25) is 9.59 Å². The van der Waals surface area contributed by atoms with Crippen molar-refractivity contribution in [1.82, 2.24) is 0 Å². The Morgan fingerprint density at radius 2 is 2.00 bits per heavy atom. The second kappa shape index (κ2) is 7.78. The molecule has 1 atom stereocenters. The van der Waals surface area contributed by atoms with E-state index in [0.29, 0.717) is 29.4 Å². The van der Waals surface area contributed by atoms with Crippen molar-refractivity contribution in [1.29, 1.82) is 0 Å². The van der Waals surface area contributed by atoms with Gasteiger partial charge in [0.25, 0.3) is 0 Å². The van der Waals surface area contributed by atoms with Crippen LogP contribution in [-0.2, 0) is 9.59 Å². The van der Waals surface area contributed by atoms with Crippen LogP contribution in [0, 0.1) is 5.92 Å². The van der Waals surface area contributed by atoms with Gasteiger partial charge in [-0.25, -0.2) is 0 Å². The number of hydrogen-bond donors (Lipinski definition) is 1. The van der Waals surface area contributed by atoms with Crippen molar-refractivity contribution in [2.24, 2.45) is 5.92 Å². The zero-order valence-electron chi connectivity index (χ0n) is 14.5. The summed E-state index contributed by atoms with van der Waals surface area (Å²) in [6, 6.07) is 12.6. The third-order valence-electron chi connectivity index (χ3n) is 4.27. The highest BCUT2D eigenvalue weighted by atomic mass is 79.9. The normalized spacial score (nSPS) is 16.5. The molecule has 1 aliphatic heterocycles. The largest absolute Gasteiger partial charge is 0.497 e. The van der Waals surface area contributed by atoms with E-state index in [1.807, 2.05) is 24.3 Å². The molecule has 1 heterocycles. The first-order chi connectivity index (χ1) is 12.5. The van der Waals surface area contributed by atoms with Crippen molar-refractivity contribution in [2.75, 3.05) is 31.0 Å². The molecule has 0 radical (unpaired) electrons. The number of amides is 2. The Kier molecular flexibility index (Phi) is 5.46. The predicted octanol–water partition coefficient (Wildman–Crippen LogP) is 3.46. The topological polar surface area (TPSA) is 67.9 Å². The fourth-order valence-corrected chi connectivity index (χ4v) is 3.33. The van der Waals surface area contributed by atoms with Gasteiger partial charge >= 0.3 is 0 Å². The van der Waals surface area contributed by atoms with Crippen LogP contribution in [0.25, 0.3) is 0 Å². The molecule has 2 aromatic carbocycles. The summed E-state index contributed by atoms with van der Waals surface area (Å²) in [6.45, 7) is 0.307. The molecular weight excluding hydrogens is 400 g/mol. The van der Waals surface area contributed by atoms with Crippen molar-refractivity contribution < 1.29 is 19.1 Å². The van der Waals surface area contributed by atoms with E-state index < -0.39 is 5.92 Å². The molecule has 6 nitrogen and oxygen atoms in total. The molecule has 0 aromatic heterocycles. The number of hydrogen-bond acceptors (Lipinski definition) is 4. The average Bonchev–Trinajstić information content (AvgIpc) is 3.03. The lowest BCUT2D eigenvalue weighted by Gasteiger charge is -2.20. The highest BCUT2D eigenvalue weighted by Crippen LogP contribution is 2.36. The Morgan fingerprint density at radius 3 is 2.69 bits per heavy atom. The summed E-state index contributed by atoms with van der Waals surface area (Å²) < 4.78 is 11.4. The summed E-state index contributed by atoms with van der Waals surface area (Å²) in [7, 11) is 3.11. The lowest BCUT2D eigenvalue weighted by Crippen LogP contribution is -2.28. The quantitative estimate of drug-likeness (QED) is 0.806. The number of halogens is 1. The fraction of sp³-hybridized carbons (Fsp3) is 0.263. The van der Waals surface area contributed by atoms with Gasteiger partial charge in [0.15, 0.2) is 0 Å². The minimum Gasteiger partial charge on any atom is -0.497 e. The van der Waals surface area contributed by atoms with Gasteiger partial charge in [-0.1, -0.05) is 22.0 Å². The monoisotopic (exact) mass is 418 g/mol. The molecule has 0 saturated carbocycles. The third kappa shape index (κ3) is 3.83. The lowest BCUT2D eigenvalue weighted by atomic mass is 10.1. The first kappa shape index (κ1) is 18.3. The van der Waals surface area contributed by atoms with Crippen LogP contribution in [0.2, 0.25) is 0 Å². The van der Waals surface area contributed by atoms with Gasteiger partial charge in [-0.15, -0.1) is 0 Å². The zero-order chi connectivity index (χ0) is 18.7. The van der Waals surface area contributed by atoms with Gasteiger partial charge in [-0.2, -0.15) is 0 Å². The molecule has 1 saturated heterocycles. The molecule has 136 valence electrons. The number of ether oxygens (including phenoxy) is 2. The molecule has 1 aliphatic rings. The van der Waals surface area contributed by atoms with E-state index in [9.17, 15) is 9.59 Å². The maximum absolute atomic E-state index is 12.5. The molecule has 1 fully saturated rings. The van der Waals surface area contributed by atoms with Crippen molar-refractivity contribution >= 4 is 39.1 Å². The van der Waals surface area contributed by atoms with Gasteiger partial charge in [-0.05, 0) is 30.3 Å². The predicted molar refractivity (Wildman–Crippen MR) is 103 cm³/mol. The van der Waals surface area contributed by atoms with E-state index in [1.165, 1.54) is 7.11 Å². The number of methoxy groups -OCH3 is 2. The molecule has 1 unspecified atom stereocenters. The van der Waals surface area contributed by atoms with Crippen LogP contribution in [0.5, 0.6) is 11.5 Å². The smallest absolute Gasteiger partial charge is 0.229 e. The SMILES string of the molecule is COc1ccc(N2CC(C(=O)Nc3cccc(Br)c3)CC2=O)c(OC)c1. The van der Waals surface area contributed by atoms with Gasteiger partial charge in [0.2, 0.25) is 11.8 Å². The Bertz CT molecular complexity index is 840. The van der Waals surface area contributed by atoms with Crippen molar-refractivity contribution in [2.45, 2.75) is 6.42 Å². The minimum absolute atomic E-state index is 0.108. The van der Waals surface area contributed by atoms with Gasteiger partial charge in [0.1, 0.15) is 11.5 Å². The number of benzene rings is 2. The molecular formula is C19H19BrN2O4. The summed E-state index contributed by atoms with van der Waals surface area (Å²) in [5, 5.41) is 2.87. The number of carbonyl (C=O) groups is 2. The Labute approximate surface area is 160 Å². The molecule has 3 rings (SSSR count). The lowest BCUT2D eigenvalue weighted by molar-refractivity contribution is -0.122. The molecule has 0 aliphatic carbocycles. The molecule has 7 heteroatoms. The highest BCUT2D eigenvalue weighted by Gasteiger charge is 2.36. The summed E-state index contributed by atoms with van der Waals surface area (Å²) in [5.74, 6) is 0.467. The van der Waals surface area contributed by atoms with E-state index in [4.69, 9.17) is 9.47 Å². The van der Waals surface area contributed by atoms with Crippen molar-refractivity contribution in [3.8, 4) is 11.5 Å². The van der Waals surface area contributed by atoms with E-state index in [-0.39, 0.29) is 18.2 Å². The summed E-state index contributed by atoms with van der Waals surface area (Å²) in [5.41, 5.74) is 1.33. The minimum atomic E-state index is -0.423. The summed E-state index contributed by atoms with van der Waals surface area (Å²) >= 11 is 3.38. The van der Waals surface area contributed by atoms with Crippen molar-refractivity contribution in [3.05, 3.63) is 46.9 Å². The summed E-state index contributed by atoms with van der Waals surface area (Å²) in [6.07, 6.45) is 0.162. The van der Waals surface area contributed by atoms with E-state index in [0.717, 1.165) is 4.47 Å². The second-order valence-corrected chi connectivity index (χ2v) is 6.86. The maximum atomic E-state index is 12.5. The summed E-state index contributed by atoms with van der Waals surface area (Å²) in [4.78, 5) is 26.6. The average molecular weight is 419 g/mol. The second-order valence-electron chi connectivity index (χ2n) is 5.94. The van der Waals surface area contributed by atoms with E-state index >= 15 is 0 Å². The Hall–Kier alpha value is -2.54. The standard InChI is InChI=1S/C19H19BrN2O4/c1-25-15-6-7-16(17(10-15)26-2)22-11-12(8-18(22)23)19(24)21-14-5-3-4-13(20)9-14/h3-7,9-10,12H,8,11H2,1-2H3,(H,21,24). The maximum Gasteiger partial charge on any atom is 0.229 e. The van der Waals surface area contributed by atoms with Crippen LogP contribution in [0.15, 0.2) is 46.9 Å². The van der Waals surface area contributed by atoms with Crippen LogP contribution >= 0.6 is 15.9 Å². The molecule has 1 N–H and O–H groups in total. The van der Waals surface area contributed by atoms with Crippen LogP contribution in [-0.4, -0.2) is 32.6 Å². The van der Waals surface area contributed by atoms with E-state index in [2.05, 4.69) is 21.2 Å². The first-order valence-electron chi connectivity index (χ1n) is 8.10. The van der Waals surface area contributed by atoms with Gasteiger partial charge in [0.05, 0.1) is 25.8 Å². The van der Waals surface area contributed by atoms with Crippen LogP contribution in [0.3, 0.4) is 0 Å². The molecule has 0 spiro atoms. The molecule has 0 bridgehead atoms. The van der Waals surface area contributed by atoms with Crippen molar-refractivity contribution in [3.63, 3.8) is 0 Å². The number of rotatable bonds is 5. The third-order valence-corrected chi connectivity index (χ3v) is 4.76. The van der Waals surface area contributed by atoms with Gasteiger partial charge in [0, 0.05) is 29.2 Å². The van der Waals surface area contributed by atoms with Crippen LogP contribution < -0.4 is 19.7 Å². The molecule has 2 amide bonds. The fourth-order valence-electron chi connectivity index (χ4n) is 2.93. The van der Waals surface area contributed by atoms with E-state index in [1.54, 1.807) is 30.2 Å². The Morgan fingerprint density at radius 1 is 1.19 bits per heavy atom. The Balaban J connectivity index is 1.75. The van der Waals surface area contributed by atoms with Crippen LogP contribution in [0.4, 0.5) is 11.4 Å². The number of anilines is 2. The van der Waals surface area contributed by atoms with Gasteiger partial charge < -0.3 is 19.7 Å².